The summed E-state index contributed by atoms with van der Waals surface area (Å²) in [5.74, 6) is -0.473. The van der Waals surface area contributed by atoms with Crippen molar-refractivity contribution >= 4 is 33.7 Å². The van der Waals surface area contributed by atoms with Crippen LogP contribution >= 0.6 is 22.7 Å². The van der Waals surface area contributed by atoms with E-state index in [4.69, 9.17) is 0 Å². The maximum atomic E-state index is 12.8. The Morgan fingerprint density at radius 2 is 2.08 bits per heavy atom. The number of hydrogen-bond donors (Lipinski definition) is 1. The molecule has 1 amide bonds. The fourth-order valence-corrected chi connectivity index (χ4v) is 3.75. The Hall–Kier alpha value is -2.33. The van der Waals surface area contributed by atoms with Gasteiger partial charge < -0.3 is 0 Å². The lowest BCUT2D eigenvalue weighted by Crippen LogP contribution is -2.12. The van der Waals surface area contributed by atoms with Crippen molar-refractivity contribution in [1.82, 2.24) is 15.2 Å². The maximum absolute atomic E-state index is 12.8. The predicted molar refractivity (Wildman–Crippen MR) is 94.4 cm³/mol. The SMILES string of the molecule is CCCc1nnc(NC(=O)c2csc(-c3cccc(C(F)(F)F)c3)n2)s1. The van der Waals surface area contributed by atoms with E-state index in [0.717, 1.165) is 41.3 Å². The van der Waals surface area contributed by atoms with Crippen molar-refractivity contribution in [3.63, 3.8) is 0 Å². The number of benzene rings is 1. The van der Waals surface area contributed by atoms with Crippen LogP contribution < -0.4 is 5.32 Å². The van der Waals surface area contributed by atoms with Crippen LogP contribution in [0.25, 0.3) is 10.6 Å². The van der Waals surface area contributed by atoms with Gasteiger partial charge in [0.15, 0.2) is 0 Å². The number of anilines is 1. The van der Waals surface area contributed by atoms with Crippen LogP contribution in [0.15, 0.2) is 29.6 Å². The average molecular weight is 398 g/mol. The second kappa shape index (κ2) is 7.50. The molecule has 0 unspecified atom stereocenters. The highest BCUT2D eigenvalue weighted by molar-refractivity contribution is 7.15. The minimum absolute atomic E-state index is 0.120. The number of amides is 1. The number of carbonyl (C=O) groups is 1. The first-order chi connectivity index (χ1) is 12.4. The molecule has 0 spiro atoms. The molecule has 10 heteroatoms. The molecule has 26 heavy (non-hydrogen) atoms. The number of alkyl halides is 3. The lowest BCUT2D eigenvalue weighted by atomic mass is 10.1. The average Bonchev–Trinajstić information content (AvgIpc) is 3.24. The fourth-order valence-electron chi connectivity index (χ4n) is 2.12. The third kappa shape index (κ3) is 4.25. The second-order valence-corrected chi connectivity index (χ2v) is 7.24. The number of rotatable bonds is 5. The molecule has 1 aromatic carbocycles. The van der Waals surface area contributed by atoms with Gasteiger partial charge in [0.05, 0.1) is 5.56 Å². The van der Waals surface area contributed by atoms with Crippen molar-refractivity contribution in [2.75, 3.05) is 5.32 Å². The Labute approximate surface area is 154 Å². The molecule has 0 fully saturated rings. The van der Waals surface area contributed by atoms with Crippen LogP contribution in [0.5, 0.6) is 0 Å². The molecule has 2 heterocycles. The molecule has 1 N–H and O–H groups in total. The summed E-state index contributed by atoms with van der Waals surface area (Å²) in [5.41, 5.74) is -0.326. The van der Waals surface area contributed by atoms with E-state index in [0.29, 0.717) is 15.7 Å². The van der Waals surface area contributed by atoms with E-state index in [1.54, 1.807) is 0 Å². The summed E-state index contributed by atoms with van der Waals surface area (Å²) < 4.78 is 38.5. The molecular weight excluding hydrogens is 385 g/mol. The van der Waals surface area contributed by atoms with E-state index in [2.05, 4.69) is 20.5 Å². The quantitative estimate of drug-likeness (QED) is 0.665. The molecule has 0 aliphatic carbocycles. The van der Waals surface area contributed by atoms with E-state index in [1.807, 2.05) is 6.92 Å². The van der Waals surface area contributed by atoms with Crippen LogP contribution in [0.3, 0.4) is 0 Å². The predicted octanol–water partition coefficient (Wildman–Crippen LogP) is 4.89. The first-order valence-corrected chi connectivity index (χ1v) is 9.33. The van der Waals surface area contributed by atoms with Gasteiger partial charge in [-0.1, -0.05) is 30.4 Å². The van der Waals surface area contributed by atoms with Crippen LogP contribution in [0, 0.1) is 0 Å². The molecule has 0 saturated heterocycles. The van der Waals surface area contributed by atoms with E-state index in [1.165, 1.54) is 28.8 Å². The van der Waals surface area contributed by atoms with Gasteiger partial charge in [-0.05, 0) is 18.6 Å². The number of hydrogen-bond acceptors (Lipinski definition) is 6. The fraction of sp³-hybridized carbons (Fsp3) is 0.250. The zero-order chi connectivity index (χ0) is 18.7. The number of nitrogens with zero attached hydrogens (tertiary/aromatic N) is 3. The molecule has 3 aromatic rings. The lowest BCUT2D eigenvalue weighted by molar-refractivity contribution is -0.137. The third-order valence-electron chi connectivity index (χ3n) is 3.32. The normalized spacial score (nSPS) is 11.5. The number of nitrogens with one attached hydrogen (secondary N) is 1. The van der Waals surface area contributed by atoms with Gasteiger partial charge in [-0.15, -0.1) is 21.5 Å². The van der Waals surface area contributed by atoms with E-state index < -0.39 is 17.6 Å². The molecule has 0 radical (unpaired) electrons. The van der Waals surface area contributed by atoms with Gasteiger partial charge >= 0.3 is 6.18 Å². The summed E-state index contributed by atoms with van der Waals surface area (Å²) in [5, 5.41) is 13.5. The number of carbonyl (C=O) groups excluding carboxylic acids is 1. The van der Waals surface area contributed by atoms with Crippen molar-refractivity contribution in [1.29, 1.82) is 0 Å². The first-order valence-electron chi connectivity index (χ1n) is 7.63. The molecule has 2 aromatic heterocycles. The standard InChI is InChI=1S/C16H13F3N4OS2/c1-2-4-12-22-23-15(26-12)21-13(24)11-8-25-14(20-11)9-5-3-6-10(7-9)16(17,18)19/h3,5-8H,2,4H2,1H3,(H,21,23,24). The highest BCUT2D eigenvalue weighted by Crippen LogP contribution is 2.33. The zero-order valence-corrected chi connectivity index (χ0v) is 15.1. The number of halogens is 3. The molecular formula is C16H13F3N4OS2. The van der Waals surface area contributed by atoms with E-state index in [9.17, 15) is 18.0 Å². The zero-order valence-electron chi connectivity index (χ0n) is 13.5. The van der Waals surface area contributed by atoms with Gasteiger partial charge in [0.25, 0.3) is 5.91 Å². The highest BCUT2D eigenvalue weighted by atomic mass is 32.1. The summed E-state index contributed by atoms with van der Waals surface area (Å²) in [7, 11) is 0. The van der Waals surface area contributed by atoms with Crippen LogP contribution in [-0.2, 0) is 12.6 Å². The molecule has 5 nitrogen and oxygen atoms in total. The summed E-state index contributed by atoms with van der Waals surface area (Å²) in [6, 6.07) is 4.85. The number of thiazole rings is 1. The van der Waals surface area contributed by atoms with Gasteiger partial charge in [0.1, 0.15) is 15.7 Å². The van der Waals surface area contributed by atoms with Crippen molar-refractivity contribution in [2.45, 2.75) is 25.9 Å². The Morgan fingerprint density at radius 3 is 2.81 bits per heavy atom. The third-order valence-corrected chi connectivity index (χ3v) is 5.11. The molecule has 0 bridgehead atoms. The van der Waals surface area contributed by atoms with Crippen LogP contribution in [0.2, 0.25) is 0 Å². The number of aromatic nitrogens is 3. The van der Waals surface area contributed by atoms with Crippen molar-refractivity contribution < 1.29 is 18.0 Å². The van der Waals surface area contributed by atoms with Crippen molar-refractivity contribution in [3.05, 3.63) is 45.9 Å². The molecule has 0 aliphatic rings. The van der Waals surface area contributed by atoms with Crippen molar-refractivity contribution in [3.8, 4) is 10.6 Å². The molecule has 0 aliphatic heterocycles. The summed E-state index contributed by atoms with van der Waals surface area (Å²) >= 11 is 2.39. The summed E-state index contributed by atoms with van der Waals surface area (Å²) in [6.45, 7) is 2.02. The Bertz CT molecular complexity index is 920. The van der Waals surface area contributed by atoms with Crippen molar-refractivity contribution in [2.24, 2.45) is 0 Å². The van der Waals surface area contributed by atoms with Crippen LogP contribution in [0.1, 0.15) is 34.4 Å². The maximum Gasteiger partial charge on any atom is 0.416 e. The molecule has 0 atom stereocenters. The highest BCUT2D eigenvalue weighted by Gasteiger charge is 2.30. The topological polar surface area (TPSA) is 67.8 Å². The molecule has 136 valence electrons. The Kier molecular flexibility index (Phi) is 5.33. The van der Waals surface area contributed by atoms with Crippen LogP contribution in [-0.4, -0.2) is 21.1 Å². The van der Waals surface area contributed by atoms with Gasteiger partial charge in [-0.3, -0.25) is 10.1 Å². The van der Waals surface area contributed by atoms with Gasteiger partial charge in [0.2, 0.25) is 5.13 Å². The largest absolute Gasteiger partial charge is 0.416 e. The van der Waals surface area contributed by atoms with Crippen LogP contribution in [0.4, 0.5) is 18.3 Å². The first kappa shape index (κ1) is 18.5. The number of aryl methyl sites for hydroxylation is 1. The minimum Gasteiger partial charge on any atom is -0.295 e. The smallest absolute Gasteiger partial charge is 0.295 e. The molecule has 0 saturated carbocycles. The van der Waals surface area contributed by atoms with E-state index >= 15 is 0 Å². The second-order valence-electron chi connectivity index (χ2n) is 5.32. The monoisotopic (exact) mass is 398 g/mol. The molecule has 3 rings (SSSR count). The Balaban J connectivity index is 1.75. The van der Waals surface area contributed by atoms with E-state index in [-0.39, 0.29) is 5.69 Å². The van der Waals surface area contributed by atoms with Gasteiger partial charge in [-0.2, -0.15) is 13.2 Å². The minimum atomic E-state index is -4.43. The van der Waals surface area contributed by atoms with Gasteiger partial charge in [0, 0.05) is 17.4 Å². The van der Waals surface area contributed by atoms with Gasteiger partial charge in [-0.25, -0.2) is 4.98 Å². The lowest BCUT2D eigenvalue weighted by Gasteiger charge is -2.07. The Morgan fingerprint density at radius 1 is 1.27 bits per heavy atom. The summed E-state index contributed by atoms with van der Waals surface area (Å²) in [6.07, 6.45) is -2.72. The summed E-state index contributed by atoms with van der Waals surface area (Å²) in [4.78, 5) is 16.4.